The van der Waals surface area contributed by atoms with Crippen molar-refractivity contribution in [3.05, 3.63) is 0 Å². The Hall–Kier alpha value is -0.0800. The minimum absolute atomic E-state index is 0.0231. The highest BCUT2D eigenvalue weighted by Gasteiger charge is 2.41. The summed E-state index contributed by atoms with van der Waals surface area (Å²) in [7, 11) is 0. The predicted octanol–water partition coefficient (Wildman–Crippen LogP) is 3.42. The Morgan fingerprint density at radius 2 is 1.82 bits per heavy atom. The molecule has 3 fully saturated rings. The van der Waals surface area contributed by atoms with Gasteiger partial charge in [0.15, 0.2) is 0 Å². The molecule has 2 heteroatoms. The third kappa shape index (κ3) is 2.68. The standard InChI is InChI=1S/C15H26O2/c16-13-5-4-12(10-13)11-14-6-9-15(17-14)7-2-1-3-8-15/h12-14,16H,1-11H2. The highest BCUT2D eigenvalue weighted by molar-refractivity contribution is 4.92. The summed E-state index contributed by atoms with van der Waals surface area (Å²) in [6.07, 6.45) is 14.3. The van der Waals surface area contributed by atoms with E-state index in [1.807, 2.05) is 0 Å². The molecule has 3 unspecified atom stereocenters. The molecule has 1 N–H and O–H groups in total. The van der Waals surface area contributed by atoms with Crippen molar-refractivity contribution >= 4 is 0 Å². The van der Waals surface area contributed by atoms with Crippen LogP contribution >= 0.6 is 0 Å². The second-order valence-electron chi connectivity index (χ2n) is 6.59. The molecule has 1 aliphatic heterocycles. The average Bonchev–Trinajstić information content (AvgIpc) is 2.89. The lowest BCUT2D eigenvalue weighted by atomic mass is 9.83. The summed E-state index contributed by atoms with van der Waals surface area (Å²) in [6, 6.07) is 0. The normalized spacial score (nSPS) is 41.1. The molecule has 0 aromatic rings. The molecule has 1 saturated heterocycles. The molecular weight excluding hydrogens is 212 g/mol. The summed E-state index contributed by atoms with van der Waals surface area (Å²) < 4.78 is 6.41. The highest BCUT2D eigenvalue weighted by Crippen LogP contribution is 2.44. The maximum atomic E-state index is 9.57. The number of aliphatic hydroxyl groups excluding tert-OH is 1. The van der Waals surface area contributed by atoms with Gasteiger partial charge in [0.25, 0.3) is 0 Å². The Kier molecular flexibility index (Phi) is 3.45. The molecule has 2 nitrogen and oxygen atoms in total. The molecule has 1 spiro atoms. The summed E-state index contributed by atoms with van der Waals surface area (Å²) in [5.74, 6) is 0.730. The van der Waals surface area contributed by atoms with E-state index >= 15 is 0 Å². The monoisotopic (exact) mass is 238 g/mol. The largest absolute Gasteiger partial charge is 0.393 e. The minimum atomic E-state index is -0.0231. The molecule has 2 saturated carbocycles. The number of hydrogen-bond acceptors (Lipinski definition) is 2. The van der Waals surface area contributed by atoms with Gasteiger partial charge in [-0.25, -0.2) is 0 Å². The zero-order valence-corrected chi connectivity index (χ0v) is 10.9. The van der Waals surface area contributed by atoms with E-state index < -0.39 is 0 Å². The molecular formula is C15H26O2. The van der Waals surface area contributed by atoms with Crippen LogP contribution in [0.5, 0.6) is 0 Å². The van der Waals surface area contributed by atoms with Crippen LogP contribution < -0.4 is 0 Å². The fourth-order valence-corrected chi connectivity index (χ4v) is 4.26. The van der Waals surface area contributed by atoms with E-state index in [4.69, 9.17) is 4.74 Å². The molecule has 0 aromatic carbocycles. The Bertz CT molecular complexity index is 258. The van der Waals surface area contributed by atoms with Crippen LogP contribution in [0.3, 0.4) is 0 Å². The quantitative estimate of drug-likeness (QED) is 0.798. The van der Waals surface area contributed by atoms with Crippen LogP contribution in [0.15, 0.2) is 0 Å². The van der Waals surface area contributed by atoms with E-state index in [9.17, 15) is 5.11 Å². The SMILES string of the molecule is OC1CCC(CC2CCC3(CCCCC3)O2)C1. The average molecular weight is 238 g/mol. The lowest BCUT2D eigenvalue weighted by Gasteiger charge is -2.33. The summed E-state index contributed by atoms with van der Waals surface area (Å²) in [5.41, 5.74) is 0.278. The fraction of sp³-hybridized carbons (Fsp3) is 1.00. The van der Waals surface area contributed by atoms with Crippen molar-refractivity contribution in [2.24, 2.45) is 5.92 Å². The van der Waals surface area contributed by atoms with Gasteiger partial charge in [-0.3, -0.25) is 0 Å². The van der Waals surface area contributed by atoms with Gasteiger partial charge in [-0.05, 0) is 57.3 Å². The number of ether oxygens (including phenoxy) is 1. The summed E-state index contributed by atoms with van der Waals surface area (Å²) in [4.78, 5) is 0. The molecule has 98 valence electrons. The molecule has 3 rings (SSSR count). The smallest absolute Gasteiger partial charge is 0.0687 e. The van der Waals surface area contributed by atoms with Crippen molar-refractivity contribution in [3.63, 3.8) is 0 Å². The summed E-state index contributed by atoms with van der Waals surface area (Å²) in [5, 5.41) is 9.57. The van der Waals surface area contributed by atoms with E-state index in [-0.39, 0.29) is 11.7 Å². The Morgan fingerprint density at radius 3 is 2.53 bits per heavy atom. The van der Waals surface area contributed by atoms with Crippen LogP contribution in [0, 0.1) is 5.92 Å². The lowest BCUT2D eigenvalue weighted by Crippen LogP contribution is -2.32. The van der Waals surface area contributed by atoms with Gasteiger partial charge < -0.3 is 9.84 Å². The zero-order chi connectivity index (χ0) is 11.7. The van der Waals surface area contributed by atoms with Crippen molar-refractivity contribution in [1.29, 1.82) is 0 Å². The van der Waals surface area contributed by atoms with Gasteiger partial charge in [0.05, 0.1) is 17.8 Å². The van der Waals surface area contributed by atoms with Crippen molar-refractivity contribution < 1.29 is 9.84 Å². The molecule has 17 heavy (non-hydrogen) atoms. The van der Waals surface area contributed by atoms with Crippen LogP contribution in [-0.2, 0) is 4.74 Å². The van der Waals surface area contributed by atoms with Crippen LogP contribution in [-0.4, -0.2) is 22.9 Å². The van der Waals surface area contributed by atoms with Gasteiger partial charge in [0, 0.05) is 0 Å². The number of rotatable bonds is 2. The first kappa shape index (κ1) is 12.0. The van der Waals surface area contributed by atoms with Gasteiger partial charge in [0.1, 0.15) is 0 Å². The predicted molar refractivity (Wildman–Crippen MR) is 67.9 cm³/mol. The first-order chi connectivity index (χ1) is 8.26. The minimum Gasteiger partial charge on any atom is -0.393 e. The maximum Gasteiger partial charge on any atom is 0.0687 e. The van der Waals surface area contributed by atoms with Crippen molar-refractivity contribution in [1.82, 2.24) is 0 Å². The first-order valence-corrected chi connectivity index (χ1v) is 7.62. The topological polar surface area (TPSA) is 29.5 Å². The summed E-state index contributed by atoms with van der Waals surface area (Å²) >= 11 is 0. The Balaban J connectivity index is 1.50. The third-order valence-corrected chi connectivity index (χ3v) is 5.21. The zero-order valence-electron chi connectivity index (χ0n) is 10.9. The molecule has 3 atom stereocenters. The molecule has 3 aliphatic rings. The Labute approximate surface area is 105 Å². The van der Waals surface area contributed by atoms with Crippen molar-refractivity contribution in [2.75, 3.05) is 0 Å². The van der Waals surface area contributed by atoms with E-state index in [0.717, 1.165) is 18.8 Å². The van der Waals surface area contributed by atoms with Gasteiger partial charge in [0.2, 0.25) is 0 Å². The maximum absolute atomic E-state index is 9.57. The lowest BCUT2D eigenvalue weighted by molar-refractivity contribution is -0.0698. The molecule has 1 heterocycles. The number of hydrogen-bond donors (Lipinski definition) is 1. The molecule has 0 bridgehead atoms. The van der Waals surface area contributed by atoms with E-state index in [0.29, 0.717) is 6.10 Å². The number of aliphatic hydroxyl groups is 1. The first-order valence-electron chi connectivity index (χ1n) is 7.62. The van der Waals surface area contributed by atoms with Crippen molar-refractivity contribution in [3.8, 4) is 0 Å². The van der Waals surface area contributed by atoms with Crippen LogP contribution in [0.4, 0.5) is 0 Å². The van der Waals surface area contributed by atoms with E-state index in [1.165, 1.54) is 57.8 Å². The van der Waals surface area contributed by atoms with Gasteiger partial charge in [-0.15, -0.1) is 0 Å². The third-order valence-electron chi connectivity index (χ3n) is 5.21. The second-order valence-corrected chi connectivity index (χ2v) is 6.59. The van der Waals surface area contributed by atoms with Gasteiger partial charge in [-0.1, -0.05) is 19.3 Å². The van der Waals surface area contributed by atoms with Crippen molar-refractivity contribution in [2.45, 2.75) is 88.4 Å². The van der Waals surface area contributed by atoms with E-state index in [1.54, 1.807) is 0 Å². The van der Waals surface area contributed by atoms with Crippen LogP contribution in [0.2, 0.25) is 0 Å². The van der Waals surface area contributed by atoms with Gasteiger partial charge in [-0.2, -0.15) is 0 Å². The summed E-state index contributed by atoms with van der Waals surface area (Å²) in [6.45, 7) is 0. The molecule has 0 amide bonds. The second kappa shape index (κ2) is 4.89. The van der Waals surface area contributed by atoms with Crippen LogP contribution in [0.1, 0.15) is 70.6 Å². The molecule has 2 aliphatic carbocycles. The molecule has 0 aromatic heterocycles. The van der Waals surface area contributed by atoms with E-state index in [2.05, 4.69) is 0 Å². The highest BCUT2D eigenvalue weighted by atomic mass is 16.5. The Morgan fingerprint density at radius 1 is 1.00 bits per heavy atom. The van der Waals surface area contributed by atoms with Gasteiger partial charge >= 0.3 is 0 Å². The van der Waals surface area contributed by atoms with Crippen LogP contribution in [0.25, 0.3) is 0 Å². The molecule has 0 radical (unpaired) electrons. The fourth-order valence-electron chi connectivity index (χ4n) is 4.26.